The van der Waals surface area contributed by atoms with Gasteiger partial charge in [0, 0.05) is 30.5 Å². The zero-order valence-electron chi connectivity index (χ0n) is 12.1. The van der Waals surface area contributed by atoms with E-state index in [-0.39, 0.29) is 42.0 Å². The number of anilines is 1. The van der Waals surface area contributed by atoms with Crippen molar-refractivity contribution in [2.45, 2.75) is 12.5 Å². The molecule has 122 valence electrons. The molecular formula is C14H18ClFN2O3S. The summed E-state index contributed by atoms with van der Waals surface area (Å²) in [4.78, 5) is 23.3. The van der Waals surface area contributed by atoms with Gasteiger partial charge in [-0.3, -0.25) is 4.79 Å². The van der Waals surface area contributed by atoms with E-state index in [2.05, 4.69) is 15.4 Å². The molecule has 2 rings (SSSR count). The molecule has 0 radical (unpaired) electrons. The van der Waals surface area contributed by atoms with Gasteiger partial charge in [0.2, 0.25) is 5.91 Å². The van der Waals surface area contributed by atoms with Crippen LogP contribution in [0.4, 0.5) is 10.1 Å². The van der Waals surface area contributed by atoms with Gasteiger partial charge in [-0.25, -0.2) is 9.18 Å². The third-order valence-corrected chi connectivity index (χ3v) is 4.22. The topological polar surface area (TPSA) is 67.4 Å². The maximum atomic E-state index is 13.7. The van der Waals surface area contributed by atoms with Crippen molar-refractivity contribution in [2.24, 2.45) is 0 Å². The van der Waals surface area contributed by atoms with Crippen LogP contribution < -0.4 is 10.6 Å². The molecule has 1 aromatic carbocycles. The average molecular weight is 349 g/mol. The fourth-order valence-corrected chi connectivity index (χ4v) is 2.99. The molecule has 8 heteroatoms. The molecular weight excluding hydrogens is 331 g/mol. The number of methoxy groups -OCH3 is 1. The first kappa shape index (κ1) is 18.7. The van der Waals surface area contributed by atoms with Crippen LogP contribution in [-0.4, -0.2) is 43.1 Å². The van der Waals surface area contributed by atoms with Crippen molar-refractivity contribution in [3.8, 4) is 0 Å². The second-order valence-electron chi connectivity index (χ2n) is 4.66. The molecule has 1 saturated heterocycles. The Morgan fingerprint density at radius 1 is 1.50 bits per heavy atom. The molecule has 1 amide bonds. The Hall–Kier alpha value is -1.31. The number of benzene rings is 1. The number of rotatable bonds is 4. The van der Waals surface area contributed by atoms with Gasteiger partial charge in [0.05, 0.1) is 18.4 Å². The molecule has 0 bridgehead atoms. The van der Waals surface area contributed by atoms with Crippen molar-refractivity contribution >= 4 is 41.7 Å². The van der Waals surface area contributed by atoms with Crippen LogP contribution in [0, 0.1) is 5.82 Å². The number of amides is 1. The Balaban J connectivity index is 0.00000242. The molecule has 2 N–H and O–H groups in total. The van der Waals surface area contributed by atoms with E-state index < -0.39 is 11.8 Å². The highest BCUT2D eigenvalue weighted by molar-refractivity contribution is 7.99. The van der Waals surface area contributed by atoms with Gasteiger partial charge >= 0.3 is 5.97 Å². The van der Waals surface area contributed by atoms with Crippen molar-refractivity contribution in [3.63, 3.8) is 0 Å². The van der Waals surface area contributed by atoms with Gasteiger partial charge < -0.3 is 15.4 Å². The Morgan fingerprint density at radius 3 is 2.91 bits per heavy atom. The minimum atomic E-state index is -0.581. The summed E-state index contributed by atoms with van der Waals surface area (Å²) in [6.07, 6.45) is 0.273. The summed E-state index contributed by atoms with van der Waals surface area (Å²) >= 11 is 1.79. The predicted molar refractivity (Wildman–Crippen MR) is 87.3 cm³/mol. The van der Waals surface area contributed by atoms with E-state index in [0.717, 1.165) is 24.1 Å². The van der Waals surface area contributed by atoms with E-state index in [0.29, 0.717) is 0 Å². The number of hydrogen-bond acceptors (Lipinski definition) is 5. The van der Waals surface area contributed by atoms with Gasteiger partial charge in [0.15, 0.2) is 0 Å². The van der Waals surface area contributed by atoms with E-state index in [1.54, 1.807) is 11.8 Å². The van der Waals surface area contributed by atoms with Crippen LogP contribution in [0.2, 0.25) is 0 Å². The number of halogens is 2. The maximum absolute atomic E-state index is 13.7. The summed E-state index contributed by atoms with van der Waals surface area (Å²) in [7, 11) is 1.25. The summed E-state index contributed by atoms with van der Waals surface area (Å²) in [6, 6.07) is 3.82. The van der Waals surface area contributed by atoms with Crippen LogP contribution in [0.25, 0.3) is 0 Å². The lowest BCUT2D eigenvalue weighted by Gasteiger charge is -2.22. The van der Waals surface area contributed by atoms with Crippen molar-refractivity contribution in [2.75, 3.05) is 30.5 Å². The van der Waals surface area contributed by atoms with E-state index in [4.69, 9.17) is 0 Å². The molecule has 1 aliphatic rings. The molecule has 1 atom stereocenters. The molecule has 0 aliphatic carbocycles. The fraction of sp³-hybridized carbons (Fsp3) is 0.429. The summed E-state index contributed by atoms with van der Waals surface area (Å²) in [5, 5.41) is 5.75. The summed E-state index contributed by atoms with van der Waals surface area (Å²) in [5.74, 6) is 0.459. The number of hydrogen-bond donors (Lipinski definition) is 2. The van der Waals surface area contributed by atoms with Crippen molar-refractivity contribution < 1.29 is 18.7 Å². The minimum Gasteiger partial charge on any atom is -0.465 e. The van der Waals surface area contributed by atoms with Crippen LogP contribution in [0.5, 0.6) is 0 Å². The largest absolute Gasteiger partial charge is 0.465 e. The smallest absolute Gasteiger partial charge is 0.337 e. The number of thioether (sulfide) groups is 1. The minimum absolute atomic E-state index is 0. The molecule has 1 heterocycles. The zero-order chi connectivity index (χ0) is 15.2. The Morgan fingerprint density at radius 2 is 2.27 bits per heavy atom. The molecule has 1 aliphatic heterocycles. The number of carbonyl (C=O) groups excluding carboxylic acids is 2. The normalized spacial score (nSPS) is 17.3. The molecule has 1 fully saturated rings. The average Bonchev–Trinajstić information content (AvgIpc) is 2.49. The fourth-order valence-electron chi connectivity index (χ4n) is 2.04. The van der Waals surface area contributed by atoms with Gasteiger partial charge in [-0.1, -0.05) is 0 Å². The highest BCUT2D eigenvalue weighted by Gasteiger charge is 2.18. The lowest BCUT2D eigenvalue weighted by atomic mass is 10.1. The molecule has 0 spiro atoms. The van der Waals surface area contributed by atoms with Crippen LogP contribution in [0.3, 0.4) is 0 Å². The third kappa shape index (κ3) is 5.15. The van der Waals surface area contributed by atoms with Crippen molar-refractivity contribution in [3.05, 3.63) is 29.6 Å². The van der Waals surface area contributed by atoms with Crippen LogP contribution in [-0.2, 0) is 9.53 Å². The first-order valence-corrected chi connectivity index (χ1v) is 7.74. The second-order valence-corrected chi connectivity index (χ2v) is 5.81. The highest BCUT2D eigenvalue weighted by atomic mass is 35.5. The van der Waals surface area contributed by atoms with Crippen molar-refractivity contribution in [1.29, 1.82) is 0 Å². The SMILES string of the molecule is COC(=O)c1ccc(F)c(NC(=O)CC2CSCCN2)c1.Cl. The predicted octanol–water partition coefficient (Wildman–Crippen LogP) is 2.07. The van der Waals surface area contributed by atoms with Gasteiger partial charge in [-0.15, -0.1) is 12.4 Å². The lowest BCUT2D eigenvalue weighted by molar-refractivity contribution is -0.116. The molecule has 0 saturated carbocycles. The third-order valence-electron chi connectivity index (χ3n) is 3.09. The number of ether oxygens (including phenoxy) is 1. The first-order chi connectivity index (χ1) is 10.1. The Kier molecular flexibility index (Phi) is 7.64. The van der Waals surface area contributed by atoms with E-state index in [1.165, 1.54) is 19.2 Å². The van der Waals surface area contributed by atoms with Gasteiger partial charge in [0.1, 0.15) is 5.82 Å². The zero-order valence-corrected chi connectivity index (χ0v) is 13.7. The number of nitrogens with one attached hydrogen (secondary N) is 2. The van der Waals surface area contributed by atoms with Crippen LogP contribution in [0.15, 0.2) is 18.2 Å². The van der Waals surface area contributed by atoms with Crippen LogP contribution >= 0.6 is 24.2 Å². The van der Waals surface area contributed by atoms with Gasteiger partial charge in [-0.2, -0.15) is 11.8 Å². The lowest BCUT2D eigenvalue weighted by Crippen LogP contribution is -2.40. The Labute approximate surface area is 138 Å². The van der Waals surface area contributed by atoms with E-state index in [9.17, 15) is 14.0 Å². The number of carbonyl (C=O) groups is 2. The summed E-state index contributed by atoms with van der Waals surface area (Å²) in [6.45, 7) is 0.870. The first-order valence-electron chi connectivity index (χ1n) is 6.59. The number of esters is 1. The highest BCUT2D eigenvalue weighted by Crippen LogP contribution is 2.18. The summed E-state index contributed by atoms with van der Waals surface area (Å²) in [5.41, 5.74) is 0.187. The molecule has 0 aromatic heterocycles. The van der Waals surface area contributed by atoms with Gasteiger partial charge in [-0.05, 0) is 18.2 Å². The molecule has 5 nitrogen and oxygen atoms in total. The van der Waals surface area contributed by atoms with E-state index in [1.807, 2.05) is 0 Å². The standard InChI is InChI=1S/C14H17FN2O3S.ClH/c1-20-14(19)9-2-3-11(15)12(6-9)17-13(18)7-10-8-21-5-4-16-10;/h2-3,6,10,16H,4-5,7-8H2,1H3,(H,17,18);1H. The van der Waals surface area contributed by atoms with Gasteiger partial charge in [0.25, 0.3) is 0 Å². The maximum Gasteiger partial charge on any atom is 0.337 e. The molecule has 1 aromatic rings. The molecule has 22 heavy (non-hydrogen) atoms. The van der Waals surface area contributed by atoms with Crippen molar-refractivity contribution in [1.82, 2.24) is 5.32 Å². The second kappa shape index (κ2) is 8.97. The monoisotopic (exact) mass is 348 g/mol. The molecule has 1 unspecified atom stereocenters. The van der Waals surface area contributed by atoms with E-state index >= 15 is 0 Å². The Bertz CT molecular complexity index is 539. The van der Waals surface area contributed by atoms with Crippen LogP contribution in [0.1, 0.15) is 16.8 Å². The quantitative estimate of drug-likeness (QED) is 0.815. The summed E-state index contributed by atoms with van der Waals surface area (Å²) < 4.78 is 18.3.